The Hall–Kier alpha value is -1.56. The number of non-ortho nitro benzene ring substituents is 1. The molecule has 0 aliphatic heterocycles. The van der Waals surface area contributed by atoms with Crippen LogP contribution in [0.5, 0.6) is 0 Å². The van der Waals surface area contributed by atoms with Crippen LogP contribution in [-0.2, 0) is 6.42 Å². The summed E-state index contributed by atoms with van der Waals surface area (Å²) in [5.74, 6) is -2.29. The third kappa shape index (κ3) is 4.20. The van der Waals surface area contributed by atoms with Crippen molar-refractivity contribution in [3.8, 4) is 0 Å². The van der Waals surface area contributed by atoms with Crippen LogP contribution in [0.25, 0.3) is 0 Å². The summed E-state index contributed by atoms with van der Waals surface area (Å²) >= 11 is 0. The molecule has 0 heterocycles. The predicted octanol–water partition coefficient (Wildman–Crippen LogP) is 3.55. The lowest BCUT2D eigenvalue weighted by atomic mass is 9.80. The number of rotatable bonds is 5. The maximum atomic E-state index is 13.2. The van der Waals surface area contributed by atoms with Crippen LogP contribution in [0.2, 0.25) is 0 Å². The van der Waals surface area contributed by atoms with Gasteiger partial charge < -0.3 is 5.32 Å². The highest BCUT2D eigenvalue weighted by atomic mass is 19.3. The lowest BCUT2D eigenvalue weighted by Crippen LogP contribution is -2.39. The molecule has 1 aromatic carbocycles. The summed E-state index contributed by atoms with van der Waals surface area (Å²) in [6.07, 6.45) is 1.65. The summed E-state index contributed by atoms with van der Waals surface area (Å²) in [5.41, 5.74) is 1.05. The summed E-state index contributed by atoms with van der Waals surface area (Å²) in [5, 5.41) is 13.8. The molecule has 1 atom stereocenters. The maximum Gasteiger partial charge on any atom is 0.269 e. The fraction of sp³-hybridized carbons (Fsp3) is 0.600. The Bertz CT molecular complexity index is 481. The van der Waals surface area contributed by atoms with E-state index in [1.165, 1.54) is 12.1 Å². The Morgan fingerprint density at radius 3 is 2.38 bits per heavy atom. The minimum atomic E-state index is -2.51. The second-order valence-corrected chi connectivity index (χ2v) is 5.72. The molecular weight excluding hydrogens is 278 g/mol. The third-order valence-electron chi connectivity index (χ3n) is 4.30. The van der Waals surface area contributed by atoms with Gasteiger partial charge in [0.2, 0.25) is 5.92 Å². The summed E-state index contributed by atoms with van der Waals surface area (Å²) in [4.78, 5) is 10.2. The van der Waals surface area contributed by atoms with Gasteiger partial charge in [-0.25, -0.2) is 8.78 Å². The second kappa shape index (κ2) is 6.47. The van der Waals surface area contributed by atoms with Crippen molar-refractivity contribution in [3.05, 3.63) is 39.9 Å². The van der Waals surface area contributed by atoms with Crippen LogP contribution >= 0.6 is 0 Å². The lowest BCUT2D eigenvalue weighted by molar-refractivity contribution is -0.384. The van der Waals surface area contributed by atoms with Crippen LogP contribution in [0.15, 0.2) is 24.3 Å². The standard InChI is InChI=1S/C15H20F2N2O2/c1-18-14(12-6-8-15(16,17)9-7-12)10-11-2-4-13(5-3-11)19(20)21/h2-5,12,14,18H,6-10H2,1H3. The Balaban J connectivity index is 1.97. The molecule has 2 rings (SSSR count). The normalized spacial score (nSPS) is 20.1. The van der Waals surface area contributed by atoms with E-state index in [1.54, 1.807) is 12.1 Å². The zero-order valence-corrected chi connectivity index (χ0v) is 12.0. The van der Waals surface area contributed by atoms with E-state index in [4.69, 9.17) is 0 Å². The molecule has 1 fully saturated rings. The Labute approximate surface area is 122 Å². The topological polar surface area (TPSA) is 55.2 Å². The van der Waals surface area contributed by atoms with Gasteiger partial charge in [-0.2, -0.15) is 0 Å². The molecule has 1 saturated carbocycles. The number of nitrogens with one attached hydrogen (secondary N) is 1. The molecule has 4 nitrogen and oxygen atoms in total. The second-order valence-electron chi connectivity index (χ2n) is 5.72. The maximum absolute atomic E-state index is 13.2. The Morgan fingerprint density at radius 1 is 1.33 bits per heavy atom. The van der Waals surface area contributed by atoms with Crippen LogP contribution in [0.1, 0.15) is 31.2 Å². The summed E-state index contributed by atoms with van der Waals surface area (Å²) < 4.78 is 26.4. The van der Waals surface area contributed by atoms with E-state index in [0.717, 1.165) is 5.56 Å². The van der Waals surface area contributed by atoms with Gasteiger partial charge in [-0.05, 0) is 37.8 Å². The Kier molecular flexibility index (Phi) is 4.88. The molecular formula is C15H20F2N2O2. The van der Waals surface area contributed by atoms with Crippen LogP contribution in [0, 0.1) is 16.0 Å². The molecule has 1 aliphatic carbocycles. The molecule has 0 spiro atoms. The van der Waals surface area contributed by atoms with Crippen LogP contribution in [0.4, 0.5) is 14.5 Å². The fourth-order valence-electron chi connectivity index (χ4n) is 2.98. The highest BCUT2D eigenvalue weighted by Crippen LogP contribution is 2.38. The van der Waals surface area contributed by atoms with Gasteiger partial charge in [-0.3, -0.25) is 10.1 Å². The molecule has 6 heteroatoms. The number of benzene rings is 1. The van der Waals surface area contributed by atoms with Gasteiger partial charge in [0.15, 0.2) is 0 Å². The molecule has 0 saturated heterocycles. The highest BCUT2D eigenvalue weighted by Gasteiger charge is 2.37. The van der Waals surface area contributed by atoms with E-state index in [1.807, 2.05) is 7.05 Å². The first-order valence-corrected chi connectivity index (χ1v) is 7.20. The number of nitro groups is 1. The Morgan fingerprint density at radius 2 is 1.90 bits per heavy atom. The molecule has 0 radical (unpaired) electrons. The van der Waals surface area contributed by atoms with E-state index in [-0.39, 0.29) is 30.5 Å². The van der Waals surface area contributed by atoms with Crippen LogP contribution in [-0.4, -0.2) is 23.9 Å². The van der Waals surface area contributed by atoms with Gasteiger partial charge in [0, 0.05) is 31.0 Å². The number of alkyl halides is 2. The van der Waals surface area contributed by atoms with Gasteiger partial charge in [0.05, 0.1) is 4.92 Å². The summed E-state index contributed by atoms with van der Waals surface area (Å²) in [6, 6.07) is 6.57. The van der Waals surface area contributed by atoms with Crippen molar-refractivity contribution >= 4 is 5.69 Å². The van der Waals surface area contributed by atoms with E-state index in [0.29, 0.717) is 19.3 Å². The number of hydrogen-bond donors (Lipinski definition) is 1. The van der Waals surface area contributed by atoms with Crippen molar-refractivity contribution in [3.63, 3.8) is 0 Å². The minimum Gasteiger partial charge on any atom is -0.316 e. The zero-order chi connectivity index (χ0) is 15.5. The molecule has 0 bridgehead atoms. The monoisotopic (exact) mass is 298 g/mol. The summed E-state index contributed by atoms with van der Waals surface area (Å²) in [6.45, 7) is 0. The highest BCUT2D eigenvalue weighted by molar-refractivity contribution is 5.33. The summed E-state index contributed by atoms with van der Waals surface area (Å²) in [7, 11) is 1.84. The number of halogens is 2. The van der Waals surface area contributed by atoms with Gasteiger partial charge in [-0.15, -0.1) is 0 Å². The van der Waals surface area contributed by atoms with Crippen LogP contribution < -0.4 is 5.32 Å². The quantitative estimate of drug-likeness (QED) is 0.668. The van der Waals surface area contributed by atoms with Crippen molar-refractivity contribution in [2.24, 2.45) is 5.92 Å². The first-order valence-electron chi connectivity index (χ1n) is 7.20. The fourth-order valence-corrected chi connectivity index (χ4v) is 2.98. The van der Waals surface area contributed by atoms with Gasteiger partial charge in [0.25, 0.3) is 5.69 Å². The molecule has 1 aromatic rings. The van der Waals surface area contributed by atoms with Gasteiger partial charge in [0.1, 0.15) is 0 Å². The van der Waals surface area contributed by atoms with Gasteiger partial charge >= 0.3 is 0 Å². The largest absolute Gasteiger partial charge is 0.316 e. The van der Waals surface area contributed by atoms with Crippen molar-refractivity contribution in [2.75, 3.05) is 7.05 Å². The average molecular weight is 298 g/mol. The van der Waals surface area contributed by atoms with E-state index in [9.17, 15) is 18.9 Å². The number of nitro benzene ring substituents is 1. The van der Waals surface area contributed by atoms with Crippen molar-refractivity contribution in [1.29, 1.82) is 0 Å². The van der Waals surface area contributed by atoms with E-state index < -0.39 is 10.8 Å². The number of nitrogens with zero attached hydrogens (tertiary/aromatic N) is 1. The minimum absolute atomic E-state index is 0.0455. The average Bonchev–Trinajstić information content (AvgIpc) is 2.45. The lowest BCUT2D eigenvalue weighted by Gasteiger charge is -2.33. The van der Waals surface area contributed by atoms with Crippen molar-refractivity contribution in [2.45, 2.75) is 44.1 Å². The predicted molar refractivity (Wildman–Crippen MR) is 76.6 cm³/mol. The smallest absolute Gasteiger partial charge is 0.269 e. The van der Waals surface area contributed by atoms with Gasteiger partial charge in [-0.1, -0.05) is 12.1 Å². The first kappa shape index (κ1) is 15.8. The number of likely N-dealkylation sites (N-methyl/N-ethyl adjacent to an activating group) is 1. The SMILES string of the molecule is CNC(Cc1ccc([N+](=O)[O-])cc1)C1CCC(F)(F)CC1. The van der Waals surface area contributed by atoms with E-state index in [2.05, 4.69) is 5.32 Å². The molecule has 116 valence electrons. The molecule has 1 N–H and O–H groups in total. The van der Waals surface area contributed by atoms with Crippen molar-refractivity contribution in [1.82, 2.24) is 5.32 Å². The number of hydrogen-bond acceptors (Lipinski definition) is 3. The third-order valence-corrected chi connectivity index (χ3v) is 4.30. The first-order chi connectivity index (χ1) is 9.91. The molecule has 0 amide bonds. The molecule has 0 aromatic heterocycles. The van der Waals surface area contributed by atoms with Crippen molar-refractivity contribution < 1.29 is 13.7 Å². The molecule has 1 aliphatic rings. The van der Waals surface area contributed by atoms with Crippen LogP contribution in [0.3, 0.4) is 0 Å². The zero-order valence-electron chi connectivity index (χ0n) is 12.0. The molecule has 1 unspecified atom stereocenters. The van der Waals surface area contributed by atoms with E-state index >= 15 is 0 Å². The molecule has 21 heavy (non-hydrogen) atoms.